The number of rotatable bonds is 3. The van der Waals surface area contributed by atoms with Crippen molar-refractivity contribution in [2.45, 2.75) is 13.8 Å². The highest BCUT2D eigenvalue weighted by Gasteiger charge is 2.13. The molecule has 1 amide bonds. The van der Waals surface area contributed by atoms with E-state index >= 15 is 0 Å². The van der Waals surface area contributed by atoms with Crippen LogP contribution in [0, 0.1) is 13.8 Å². The standard InChI is InChI=1S/C20H16ClN5O/c1-11-5-13(10-22-8-11)20(27)24-14-3-4-16(21)15(7-14)18-25-17-6-12(2)9-23-19(17)26-18/h3-10H,1-2H3,(H,24,27)(H,23,25,26). The number of hydrogen-bond donors (Lipinski definition) is 2. The molecule has 0 saturated heterocycles. The molecule has 6 nitrogen and oxygen atoms in total. The molecule has 4 rings (SSSR count). The lowest BCUT2D eigenvalue weighted by molar-refractivity contribution is 0.102. The zero-order valence-electron chi connectivity index (χ0n) is 14.7. The molecule has 134 valence electrons. The van der Waals surface area contributed by atoms with Gasteiger partial charge in [-0.1, -0.05) is 11.6 Å². The van der Waals surface area contributed by atoms with Crippen molar-refractivity contribution in [2.24, 2.45) is 0 Å². The highest BCUT2D eigenvalue weighted by atomic mass is 35.5. The molecular weight excluding hydrogens is 362 g/mol. The van der Waals surface area contributed by atoms with E-state index in [9.17, 15) is 4.79 Å². The van der Waals surface area contributed by atoms with E-state index in [1.54, 1.807) is 36.7 Å². The molecule has 0 unspecified atom stereocenters. The first-order chi connectivity index (χ1) is 13.0. The van der Waals surface area contributed by atoms with Crippen molar-refractivity contribution in [2.75, 3.05) is 5.32 Å². The fraction of sp³-hybridized carbons (Fsp3) is 0.100. The van der Waals surface area contributed by atoms with E-state index in [2.05, 4.69) is 25.3 Å². The van der Waals surface area contributed by atoms with Crippen molar-refractivity contribution in [3.8, 4) is 11.4 Å². The van der Waals surface area contributed by atoms with Crippen molar-refractivity contribution < 1.29 is 4.79 Å². The Kier molecular flexibility index (Phi) is 4.33. The van der Waals surface area contributed by atoms with Crippen LogP contribution in [-0.2, 0) is 0 Å². The van der Waals surface area contributed by atoms with Gasteiger partial charge < -0.3 is 10.3 Å². The fourth-order valence-corrected chi connectivity index (χ4v) is 3.01. The Morgan fingerprint density at radius 1 is 1.07 bits per heavy atom. The average molecular weight is 378 g/mol. The first kappa shape index (κ1) is 17.2. The molecule has 0 aliphatic heterocycles. The Labute approximate surface area is 160 Å². The first-order valence-electron chi connectivity index (χ1n) is 8.35. The van der Waals surface area contributed by atoms with Gasteiger partial charge in [-0.15, -0.1) is 0 Å². The highest BCUT2D eigenvalue weighted by Crippen LogP contribution is 2.30. The summed E-state index contributed by atoms with van der Waals surface area (Å²) in [5.41, 5.74) is 5.21. The van der Waals surface area contributed by atoms with Gasteiger partial charge in [-0.25, -0.2) is 9.97 Å². The molecule has 7 heteroatoms. The summed E-state index contributed by atoms with van der Waals surface area (Å²) in [6.45, 7) is 3.86. The number of imidazole rings is 1. The summed E-state index contributed by atoms with van der Waals surface area (Å²) in [5.74, 6) is 0.364. The van der Waals surface area contributed by atoms with Gasteiger partial charge in [-0.05, 0) is 55.3 Å². The summed E-state index contributed by atoms with van der Waals surface area (Å²) >= 11 is 6.36. The molecule has 0 spiro atoms. The van der Waals surface area contributed by atoms with Crippen LogP contribution in [0.25, 0.3) is 22.6 Å². The van der Waals surface area contributed by atoms with Crippen molar-refractivity contribution in [1.29, 1.82) is 0 Å². The molecule has 0 fully saturated rings. The van der Waals surface area contributed by atoms with Crippen molar-refractivity contribution in [3.05, 3.63) is 70.6 Å². The number of benzene rings is 1. The van der Waals surface area contributed by atoms with E-state index in [1.165, 1.54) is 6.20 Å². The normalized spacial score (nSPS) is 10.9. The van der Waals surface area contributed by atoms with Crippen molar-refractivity contribution in [1.82, 2.24) is 19.9 Å². The van der Waals surface area contributed by atoms with Crippen LogP contribution in [0.3, 0.4) is 0 Å². The molecule has 0 aliphatic carbocycles. The zero-order chi connectivity index (χ0) is 19.0. The third kappa shape index (κ3) is 3.52. The molecular formula is C20H16ClN5O. The number of carbonyl (C=O) groups excluding carboxylic acids is 1. The summed E-state index contributed by atoms with van der Waals surface area (Å²) < 4.78 is 0. The number of amides is 1. The minimum absolute atomic E-state index is 0.235. The van der Waals surface area contributed by atoms with E-state index < -0.39 is 0 Å². The Balaban J connectivity index is 1.67. The number of hydrogen-bond acceptors (Lipinski definition) is 4. The second-order valence-electron chi connectivity index (χ2n) is 6.37. The topological polar surface area (TPSA) is 83.6 Å². The number of aryl methyl sites for hydroxylation is 2. The Morgan fingerprint density at radius 2 is 1.89 bits per heavy atom. The second kappa shape index (κ2) is 6.81. The number of aromatic nitrogens is 4. The van der Waals surface area contributed by atoms with Crippen molar-refractivity contribution in [3.63, 3.8) is 0 Å². The predicted octanol–water partition coefficient (Wildman–Crippen LogP) is 4.54. The van der Waals surface area contributed by atoms with Crippen LogP contribution in [-0.4, -0.2) is 25.8 Å². The third-order valence-electron chi connectivity index (χ3n) is 4.09. The molecule has 3 aromatic heterocycles. The Bertz CT molecular complexity index is 1170. The Hall–Kier alpha value is -3.25. The quantitative estimate of drug-likeness (QED) is 0.549. The van der Waals surface area contributed by atoms with Crippen LogP contribution in [0.4, 0.5) is 5.69 Å². The molecule has 0 saturated carbocycles. The minimum Gasteiger partial charge on any atom is -0.337 e. The van der Waals surface area contributed by atoms with E-state index in [1.807, 2.05) is 19.9 Å². The van der Waals surface area contributed by atoms with Gasteiger partial charge in [0, 0.05) is 29.8 Å². The fourth-order valence-electron chi connectivity index (χ4n) is 2.80. The monoisotopic (exact) mass is 377 g/mol. The molecule has 0 aliphatic rings. The lowest BCUT2D eigenvalue weighted by Gasteiger charge is -2.08. The van der Waals surface area contributed by atoms with Gasteiger partial charge in [0.25, 0.3) is 5.91 Å². The highest BCUT2D eigenvalue weighted by molar-refractivity contribution is 6.33. The van der Waals surface area contributed by atoms with Gasteiger partial charge in [0.05, 0.1) is 16.1 Å². The van der Waals surface area contributed by atoms with Crippen LogP contribution in [0.15, 0.2) is 48.9 Å². The van der Waals surface area contributed by atoms with Gasteiger partial charge in [0.2, 0.25) is 0 Å². The molecule has 0 atom stereocenters. The maximum Gasteiger partial charge on any atom is 0.257 e. The molecule has 3 heterocycles. The minimum atomic E-state index is -0.235. The zero-order valence-corrected chi connectivity index (χ0v) is 15.5. The molecule has 27 heavy (non-hydrogen) atoms. The van der Waals surface area contributed by atoms with Gasteiger partial charge >= 0.3 is 0 Å². The van der Waals surface area contributed by atoms with Gasteiger partial charge in [0.15, 0.2) is 5.65 Å². The molecule has 0 bridgehead atoms. The van der Waals surface area contributed by atoms with Crippen LogP contribution in [0.5, 0.6) is 0 Å². The van der Waals surface area contributed by atoms with Crippen LogP contribution < -0.4 is 5.32 Å². The number of H-pyrrole nitrogens is 1. The number of anilines is 1. The lowest BCUT2D eigenvalue weighted by atomic mass is 10.1. The SMILES string of the molecule is Cc1cncc(C(=O)Nc2ccc(Cl)c(-c3nc4ncc(C)cc4[nH]3)c2)c1. The number of nitrogens with zero attached hydrogens (tertiary/aromatic N) is 3. The second-order valence-corrected chi connectivity index (χ2v) is 6.78. The van der Waals surface area contributed by atoms with Crippen LogP contribution in [0.2, 0.25) is 5.02 Å². The molecule has 1 aromatic carbocycles. The van der Waals surface area contributed by atoms with E-state index in [4.69, 9.17) is 11.6 Å². The van der Waals surface area contributed by atoms with E-state index in [0.29, 0.717) is 33.3 Å². The summed E-state index contributed by atoms with van der Waals surface area (Å²) in [7, 11) is 0. The third-order valence-corrected chi connectivity index (χ3v) is 4.42. The largest absolute Gasteiger partial charge is 0.337 e. The lowest BCUT2D eigenvalue weighted by Crippen LogP contribution is -2.12. The first-order valence-corrected chi connectivity index (χ1v) is 8.73. The summed E-state index contributed by atoms with van der Waals surface area (Å²) in [6.07, 6.45) is 5.00. The summed E-state index contributed by atoms with van der Waals surface area (Å²) in [4.78, 5) is 28.6. The molecule has 0 radical (unpaired) electrons. The number of nitrogens with one attached hydrogen (secondary N) is 2. The van der Waals surface area contributed by atoms with Gasteiger partial charge in [0.1, 0.15) is 5.82 Å². The number of carbonyl (C=O) groups is 1. The predicted molar refractivity (Wildman–Crippen MR) is 106 cm³/mol. The van der Waals surface area contributed by atoms with Gasteiger partial charge in [-0.2, -0.15) is 0 Å². The number of halogens is 1. The number of pyridine rings is 2. The average Bonchev–Trinajstić information content (AvgIpc) is 3.06. The smallest absolute Gasteiger partial charge is 0.257 e. The molecule has 4 aromatic rings. The maximum atomic E-state index is 12.5. The van der Waals surface area contributed by atoms with Crippen LogP contribution in [0.1, 0.15) is 21.5 Å². The maximum absolute atomic E-state index is 12.5. The van der Waals surface area contributed by atoms with Crippen LogP contribution >= 0.6 is 11.6 Å². The molecule has 2 N–H and O–H groups in total. The van der Waals surface area contributed by atoms with Crippen molar-refractivity contribution >= 4 is 34.4 Å². The number of fused-ring (bicyclic) bond motifs is 1. The summed E-state index contributed by atoms with van der Waals surface area (Å²) in [6, 6.07) is 9.02. The van der Waals surface area contributed by atoms with E-state index in [0.717, 1.165) is 16.6 Å². The Morgan fingerprint density at radius 3 is 2.70 bits per heavy atom. The van der Waals surface area contributed by atoms with Gasteiger partial charge in [-0.3, -0.25) is 9.78 Å². The van der Waals surface area contributed by atoms with E-state index in [-0.39, 0.29) is 5.91 Å². The number of aromatic amines is 1. The summed E-state index contributed by atoms with van der Waals surface area (Å²) in [5, 5.41) is 3.40.